The second kappa shape index (κ2) is 12.4. The molecule has 3 aromatic heterocycles. The van der Waals surface area contributed by atoms with E-state index in [1.807, 2.05) is 6.07 Å². The van der Waals surface area contributed by atoms with Crippen LogP contribution in [0.25, 0.3) is 93.4 Å². The van der Waals surface area contributed by atoms with Crippen molar-refractivity contribution in [3.05, 3.63) is 194 Å². The molecule has 0 saturated heterocycles. The van der Waals surface area contributed by atoms with E-state index in [4.69, 9.17) is 14.4 Å². The third-order valence-corrected chi connectivity index (χ3v) is 11.4. The average Bonchev–Trinajstić information content (AvgIpc) is 3.82. The maximum atomic E-state index is 6.54. The molecule has 0 amide bonds. The largest absolute Gasteiger partial charge is 0.456 e. The Bertz CT molecular complexity index is 3490. The van der Waals surface area contributed by atoms with Crippen LogP contribution in [-0.2, 0) is 0 Å². The molecule has 0 aliphatic rings. The summed E-state index contributed by atoms with van der Waals surface area (Å²) < 4.78 is 8.77. The Morgan fingerprint density at radius 3 is 1.79 bits per heavy atom. The zero-order valence-electron chi connectivity index (χ0n) is 30.7. The minimum atomic E-state index is 0.616. The standard InChI is InChI=1S/C52H32N4O/c1-3-15-36(16-4-1)55(37-17-5-2-6-18-37)38-26-29-45-43(32-38)49-39-19-9-7-13-33(39)24-28-46(49)56(45)52-53-44-22-12-11-21-41(44)51(54-52)35-23-27-42-48(31-35)57-47-30-25-34-14-8-10-20-40(34)50(42)47/h1-32H. The summed E-state index contributed by atoms with van der Waals surface area (Å²) >= 11 is 0. The lowest BCUT2D eigenvalue weighted by Gasteiger charge is -2.25. The van der Waals surface area contributed by atoms with Gasteiger partial charge < -0.3 is 9.32 Å². The first kappa shape index (κ1) is 31.6. The van der Waals surface area contributed by atoms with Gasteiger partial charge in [-0.25, -0.2) is 9.97 Å². The number of para-hydroxylation sites is 3. The molecule has 0 spiro atoms. The smallest absolute Gasteiger partial charge is 0.235 e. The molecule has 0 radical (unpaired) electrons. The van der Waals surface area contributed by atoms with Crippen molar-refractivity contribution in [1.29, 1.82) is 0 Å². The normalized spacial score (nSPS) is 11.9. The Kier molecular flexibility index (Phi) is 6.86. The van der Waals surface area contributed by atoms with Crippen LogP contribution in [0.15, 0.2) is 199 Å². The van der Waals surface area contributed by atoms with Gasteiger partial charge in [-0.05, 0) is 94.3 Å². The van der Waals surface area contributed by atoms with Gasteiger partial charge in [0.1, 0.15) is 11.2 Å². The number of nitrogens with zero attached hydrogens (tertiary/aromatic N) is 4. The van der Waals surface area contributed by atoms with E-state index in [1.165, 1.54) is 26.9 Å². The van der Waals surface area contributed by atoms with Gasteiger partial charge in [0.15, 0.2) is 0 Å². The highest BCUT2D eigenvalue weighted by Gasteiger charge is 2.22. The van der Waals surface area contributed by atoms with Crippen LogP contribution >= 0.6 is 0 Å². The minimum absolute atomic E-state index is 0.616. The van der Waals surface area contributed by atoms with E-state index >= 15 is 0 Å². The summed E-state index contributed by atoms with van der Waals surface area (Å²) in [6.07, 6.45) is 0. The number of aromatic nitrogens is 3. The van der Waals surface area contributed by atoms with E-state index in [0.717, 1.165) is 77.6 Å². The monoisotopic (exact) mass is 728 g/mol. The lowest BCUT2D eigenvalue weighted by molar-refractivity contribution is 0.669. The molecule has 0 aliphatic carbocycles. The fourth-order valence-corrected chi connectivity index (χ4v) is 8.81. The van der Waals surface area contributed by atoms with E-state index in [9.17, 15) is 0 Å². The van der Waals surface area contributed by atoms with Gasteiger partial charge in [0.25, 0.3) is 0 Å². The van der Waals surface area contributed by atoms with E-state index in [-0.39, 0.29) is 0 Å². The Morgan fingerprint density at radius 2 is 1.04 bits per heavy atom. The van der Waals surface area contributed by atoms with Gasteiger partial charge in [0, 0.05) is 49.6 Å². The van der Waals surface area contributed by atoms with Crippen LogP contribution in [0.5, 0.6) is 0 Å². The van der Waals surface area contributed by atoms with Crippen molar-refractivity contribution in [3.63, 3.8) is 0 Å². The van der Waals surface area contributed by atoms with Gasteiger partial charge in [-0.1, -0.05) is 121 Å². The number of anilines is 3. The summed E-state index contributed by atoms with van der Waals surface area (Å²) in [4.78, 5) is 13.1. The van der Waals surface area contributed by atoms with Gasteiger partial charge in [0.05, 0.1) is 22.2 Å². The van der Waals surface area contributed by atoms with Crippen LogP contribution in [0, 0.1) is 0 Å². The Hall–Kier alpha value is -7.76. The third-order valence-electron chi connectivity index (χ3n) is 11.4. The molecule has 0 aliphatic heterocycles. The lowest BCUT2D eigenvalue weighted by Crippen LogP contribution is -2.09. The predicted octanol–water partition coefficient (Wildman–Crippen LogP) is 14.1. The molecule has 12 aromatic rings. The number of rotatable bonds is 5. The fraction of sp³-hybridized carbons (Fsp3) is 0. The number of hydrogen-bond donors (Lipinski definition) is 0. The molecule has 12 rings (SSSR count). The van der Waals surface area contributed by atoms with E-state index in [1.54, 1.807) is 0 Å². The number of furan rings is 1. The molecule has 5 nitrogen and oxygen atoms in total. The van der Waals surface area contributed by atoms with Gasteiger partial charge in [0.2, 0.25) is 5.95 Å². The van der Waals surface area contributed by atoms with E-state index in [2.05, 4.69) is 198 Å². The van der Waals surface area contributed by atoms with Gasteiger partial charge in [-0.3, -0.25) is 4.57 Å². The van der Waals surface area contributed by atoms with Crippen LogP contribution in [0.2, 0.25) is 0 Å². The fourth-order valence-electron chi connectivity index (χ4n) is 8.81. The Morgan fingerprint density at radius 1 is 0.404 bits per heavy atom. The van der Waals surface area contributed by atoms with Crippen LogP contribution in [0.4, 0.5) is 17.1 Å². The summed E-state index contributed by atoms with van der Waals surface area (Å²) in [5.41, 5.74) is 9.75. The SMILES string of the molecule is c1ccc(N(c2ccccc2)c2ccc3c(c2)c2c4ccccc4ccc2n3-c2nc(-c3ccc4c(c3)oc3ccc5ccccc5c34)c3ccccc3n2)cc1. The van der Waals surface area contributed by atoms with Gasteiger partial charge in [-0.15, -0.1) is 0 Å². The van der Waals surface area contributed by atoms with Gasteiger partial charge in [-0.2, -0.15) is 0 Å². The van der Waals surface area contributed by atoms with Gasteiger partial charge >= 0.3 is 0 Å². The van der Waals surface area contributed by atoms with E-state index < -0.39 is 0 Å². The van der Waals surface area contributed by atoms with Crippen LogP contribution < -0.4 is 4.90 Å². The maximum absolute atomic E-state index is 6.54. The van der Waals surface area contributed by atoms with Crippen molar-refractivity contribution in [2.45, 2.75) is 0 Å². The minimum Gasteiger partial charge on any atom is -0.456 e. The van der Waals surface area contributed by atoms with Crippen molar-refractivity contribution in [2.75, 3.05) is 4.90 Å². The molecule has 3 heterocycles. The number of benzene rings is 9. The van der Waals surface area contributed by atoms with Crippen LogP contribution in [0.3, 0.4) is 0 Å². The second-order valence-corrected chi connectivity index (χ2v) is 14.6. The highest BCUT2D eigenvalue weighted by Crippen LogP contribution is 2.43. The van der Waals surface area contributed by atoms with Crippen molar-refractivity contribution in [1.82, 2.24) is 14.5 Å². The summed E-state index contributed by atoms with van der Waals surface area (Å²) in [5, 5.41) is 10.3. The topological polar surface area (TPSA) is 47.1 Å². The number of hydrogen-bond acceptors (Lipinski definition) is 4. The first-order chi connectivity index (χ1) is 28.3. The predicted molar refractivity (Wildman–Crippen MR) is 236 cm³/mol. The second-order valence-electron chi connectivity index (χ2n) is 14.6. The van der Waals surface area contributed by atoms with Crippen molar-refractivity contribution in [2.24, 2.45) is 0 Å². The van der Waals surface area contributed by atoms with Crippen LogP contribution in [0.1, 0.15) is 0 Å². The summed E-state index contributed by atoms with van der Waals surface area (Å²) in [7, 11) is 0. The molecule has 5 heteroatoms. The zero-order valence-corrected chi connectivity index (χ0v) is 30.7. The first-order valence-electron chi connectivity index (χ1n) is 19.2. The molecular formula is C52H32N4O. The molecular weight excluding hydrogens is 697 g/mol. The first-order valence-corrected chi connectivity index (χ1v) is 19.2. The highest BCUT2D eigenvalue weighted by molar-refractivity contribution is 6.22. The third kappa shape index (κ3) is 4.89. The molecule has 57 heavy (non-hydrogen) atoms. The molecule has 0 fully saturated rings. The quantitative estimate of drug-likeness (QED) is 0.177. The molecule has 9 aromatic carbocycles. The maximum Gasteiger partial charge on any atom is 0.235 e. The van der Waals surface area contributed by atoms with Crippen molar-refractivity contribution in [3.8, 4) is 17.2 Å². The lowest BCUT2D eigenvalue weighted by atomic mass is 10.0. The Labute approximate surface area is 327 Å². The summed E-state index contributed by atoms with van der Waals surface area (Å²) in [6.45, 7) is 0. The molecule has 266 valence electrons. The molecule has 0 unspecified atom stereocenters. The van der Waals surface area contributed by atoms with Crippen molar-refractivity contribution < 1.29 is 4.42 Å². The zero-order chi connectivity index (χ0) is 37.5. The molecule has 0 bridgehead atoms. The summed E-state index contributed by atoms with van der Waals surface area (Å²) in [5.74, 6) is 0.616. The van der Waals surface area contributed by atoms with E-state index in [0.29, 0.717) is 5.95 Å². The number of fused-ring (bicyclic) bond motifs is 11. The average molecular weight is 729 g/mol. The molecule has 0 saturated carbocycles. The Balaban J connectivity index is 1.11. The summed E-state index contributed by atoms with van der Waals surface area (Å²) in [6, 6.07) is 68.4. The van der Waals surface area contributed by atoms with Crippen molar-refractivity contribution >= 4 is 93.3 Å². The molecule has 0 atom stereocenters. The van der Waals surface area contributed by atoms with Crippen LogP contribution in [-0.4, -0.2) is 14.5 Å². The highest BCUT2D eigenvalue weighted by atomic mass is 16.3. The molecule has 0 N–H and O–H groups in total.